The lowest BCUT2D eigenvalue weighted by atomic mass is 10.1. The Labute approximate surface area is 179 Å². The van der Waals surface area contributed by atoms with E-state index in [1.165, 1.54) is 18.6 Å². The average molecular weight is 419 g/mol. The molecular weight excluding hydrogens is 396 g/mol. The van der Waals surface area contributed by atoms with Gasteiger partial charge in [0.05, 0.1) is 5.88 Å². The first-order valence-electron chi connectivity index (χ1n) is 9.97. The standard InChI is InChI=1S/C22H22N6OS/c23-22-25-10-16(11-26-22)15-6-7-24-19(8-15)21(29)27-17-2-1-3-18(9-17)28-13-30-12-20(28)14-4-5-14/h1-3,6-11,14,20H,4-5,12-13H2,(H,27,29)(H2,23,25,26). The van der Waals surface area contributed by atoms with Crippen molar-refractivity contribution in [3.05, 3.63) is 60.7 Å². The van der Waals surface area contributed by atoms with Crippen molar-refractivity contribution in [1.82, 2.24) is 15.0 Å². The van der Waals surface area contributed by atoms with Gasteiger partial charge in [-0.25, -0.2) is 9.97 Å². The highest BCUT2D eigenvalue weighted by Crippen LogP contribution is 2.42. The minimum Gasteiger partial charge on any atom is -0.368 e. The highest BCUT2D eigenvalue weighted by Gasteiger charge is 2.38. The predicted octanol–water partition coefficient (Wildman–Crippen LogP) is 3.66. The summed E-state index contributed by atoms with van der Waals surface area (Å²) in [6, 6.07) is 12.2. The first kappa shape index (κ1) is 18.9. The fourth-order valence-corrected chi connectivity index (χ4v) is 5.11. The van der Waals surface area contributed by atoms with Crippen LogP contribution in [-0.4, -0.2) is 38.5 Å². The van der Waals surface area contributed by atoms with Gasteiger partial charge in [-0.15, -0.1) is 11.8 Å². The first-order chi connectivity index (χ1) is 14.7. The van der Waals surface area contributed by atoms with E-state index in [2.05, 4.69) is 37.3 Å². The number of thioether (sulfide) groups is 1. The molecule has 1 amide bonds. The van der Waals surface area contributed by atoms with Crippen molar-refractivity contribution in [3.63, 3.8) is 0 Å². The number of carbonyl (C=O) groups is 1. The van der Waals surface area contributed by atoms with Crippen molar-refractivity contribution in [2.75, 3.05) is 27.6 Å². The van der Waals surface area contributed by atoms with E-state index in [-0.39, 0.29) is 11.9 Å². The number of amides is 1. The van der Waals surface area contributed by atoms with Crippen LogP contribution in [0.15, 0.2) is 55.0 Å². The van der Waals surface area contributed by atoms with Crippen molar-refractivity contribution in [3.8, 4) is 11.1 Å². The number of carbonyl (C=O) groups excluding carboxylic acids is 1. The molecule has 1 atom stereocenters. The number of aromatic nitrogens is 3. The van der Waals surface area contributed by atoms with Gasteiger partial charge in [0.25, 0.3) is 5.91 Å². The van der Waals surface area contributed by atoms with Gasteiger partial charge in [0.2, 0.25) is 5.95 Å². The van der Waals surface area contributed by atoms with Gasteiger partial charge in [-0.05, 0) is 54.7 Å². The SMILES string of the molecule is Nc1ncc(-c2ccnc(C(=O)Nc3cccc(N4CSCC4C4CC4)c3)c2)cn1. The molecule has 3 heterocycles. The number of nitrogen functional groups attached to an aromatic ring is 1. The monoisotopic (exact) mass is 418 g/mol. The van der Waals surface area contributed by atoms with Crippen molar-refractivity contribution in [2.45, 2.75) is 18.9 Å². The largest absolute Gasteiger partial charge is 0.368 e. The third-order valence-corrected chi connectivity index (χ3v) is 6.56. The first-order valence-corrected chi connectivity index (χ1v) is 11.1. The lowest BCUT2D eigenvalue weighted by molar-refractivity contribution is 0.102. The van der Waals surface area contributed by atoms with Crippen molar-refractivity contribution >= 4 is 35.0 Å². The summed E-state index contributed by atoms with van der Waals surface area (Å²) in [5, 5.41) is 2.98. The number of nitrogens with two attached hydrogens (primary N) is 1. The Morgan fingerprint density at radius 2 is 1.93 bits per heavy atom. The fourth-order valence-electron chi connectivity index (χ4n) is 3.77. The van der Waals surface area contributed by atoms with E-state index in [1.807, 2.05) is 30.0 Å². The van der Waals surface area contributed by atoms with Crippen LogP contribution in [-0.2, 0) is 0 Å². The summed E-state index contributed by atoms with van der Waals surface area (Å²) in [5.74, 6) is 2.98. The molecule has 5 rings (SSSR count). The third kappa shape index (κ3) is 3.95. The number of benzene rings is 1. The van der Waals surface area contributed by atoms with Gasteiger partial charge in [-0.1, -0.05) is 6.07 Å². The Bertz CT molecular complexity index is 1070. The van der Waals surface area contributed by atoms with Crippen LogP contribution < -0.4 is 16.0 Å². The minimum atomic E-state index is -0.250. The molecule has 0 spiro atoms. The zero-order valence-electron chi connectivity index (χ0n) is 16.4. The number of nitrogens with one attached hydrogen (secondary N) is 1. The van der Waals surface area contributed by atoms with Crippen LogP contribution in [0.25, 0.3) is 11.1 Å². The van der Waals surface area contributed by atoms with Gasteiger partial charge in [-0.3, -0.25) is 9.78 Å². The quantitative estimate of drug-likeness (QED) is 0.652. The molecule has 1 aliphatic carbocycles. The van der Waals surface area contributed by atoms with E-state index in [1.54, 1.807) is 24.7 Å². The molecule has 8 heteroatoms. The fraction of sp³-hybridized carbons (Fsp3) is 0.273. The molecular formula is C22H22N6OS. The van der Waals surface area contributed by atoms with Gasteiger partial charge >= 0.3 is 0 Å². The number of nitrogens with zero attached hydrogens (tertiary/aromatic N) is 4. The number of pyridine rings is 1. The van der Waals surface area contributed by atoms with E-state index < -0.39 is 0 Å². The molecule has 1 aromatic carbocycles. The van der Waals surface area contributed by atoms with E-state index in [0.717, 1.165) is 34.3 Å². The van der Waals surface area contributed by atoms with Crippen LogP contribution in [0.4, 0.5) is 17.3 Å². The van der Waals surface area contributed by atoms with E-state index in [4.69, 9.17) is 5.73 Å². The summed E-state index contributed by atoms with van der Waals surface area (Å²) >= 11 is 1.98. The summed E-state index contributed by atoms with van der Waals surface area (Å²) in [4.78, 5) is 27.5. The third-order valence-electron chi connectivity index (χ3n) is 5.52. The van der Waals surface area contributed by atoms with Crippen molar-refractivity contribution < 1.29 is 4.79 Å². The normalized spacial score (nSPS) is 18.4. The Balaban J connectivity index is 1.33. The summed E-state index contributed by atoms with van der Waals surface area (Å²) in [6.07, 6.45) is 7.54. The molecule has 152 valence electrons. The molecule has 30 heavy (non-hydrogen) atoms. The van der Waals surface area contributed by atoms with Crippen molar-refractivity contribution in [1.29, 1.82) is 0 Å². The maximum atomic E-state index is 12.8. The summed E-state index contributed by atoms with van der Waals surface area (Å²) in [5.41, 5.74) is 9.41. The minimum absolute atomic E-state index is 0.214. The maximum absolute atomic E-state index is 12.8. The van der Waals surface area contributed by atoms with Gasteiger partial charge in [-0.2, -0.15) is 0 Å². The van der Waals surface area contributed by atoms with Gasteiger partial charge in [0, 0.05) is 47.3 Å². The highest BCUT2D eigenvalue weighted by atomic mass is 32.2. The molecule has 0 bridgehead atoms. The lowest BCUT2D eigenvalue weighted by Crippen LogP contribution is -2.32. The Hall–Kier alpha value is -3.13. The zero-order valence-corrected chi connectivity index (χ0v) is 17.2. The van der Waals surface area contributed by atoms with Crippen molar-refractivity contribution in [2.24, 2.45) is 5.92 Å². The molecule has 1 saturated heterocycles. The number of anilines is 3. The second-order valence-electron chi connectivity index (χ2n) is 7.64. The molecule has 2 fully saturated rings. The molecule has 2 aliphatic rings. The highest BCUT2D eigenvalue weighted by molar-refractivity contribution is 7.99. The van der Waals surface area contributed by atoms with Crippen LogP contribution in [0, 0.1) is 5.92 Å². The van der Waals surface area contributed by atoms with Crippen LogP contribution in [0.5, 0.6) is 0 Å². The molecule has 0 radical (unpaired) electrons. The number of hydrogen-bond acceptors (Lipinski definition) is 7. The molecule has 7 nitrogen and oxygen atoms in total. The summed E-state index contributed by atoms with van der Waals surface area (Å²) < 4.78 is 0. The second kappa shape index (κ2) is 7.95. The predicted molar refractivity (Wildman–Crippen MR) is 120 cm³/mol. The Morgan fingerprint density at radius 1 is 1.10 bits per heavy atom. The molecule has 1 aliphatic heterocycles. The van der Waals surface area contributed by atoms with E-state index in [0.29, 0.717) is 11.7 Å². The lowest BCUT2D eigenvalue weighted by Gasteiger charge is -2.26. The van der Waals surface area contributed by atoms with E-state index in [9.17, 15) is 4.79 Å². The molecule has 2 aromatic heterocycles. The average Bonchev–Trinajstić information content (AvgIpc) is 3.50. The van der Waals surface area contributed by atoms with Gasteiger partial charge in [0.15, 0.2) is 0 Å². The molecule has 1 saturated carbocycles. The molecule has 1 unspecified atom stereocenters. The zero-order chi connectivity index (χ0) is 20.5. The van der Waals surface area contributed by atoms with E-state index >= 15 is 0 Å². The molecule has 3 aromatic rings. The number of hydrogen-bond donors (Lipinski definition) is 2. The summed E-state index contributed by atoms with van der Waals surface area (Å²) in [7, 11) is 0. The van der Waals surface area contributed by atoms with Gasteiger partial charge < -0.3 is 16.0 Å². The van der Waals surface area contributed by atoms with Crippen LogP contribution in [0.3, 0.4) is 0 Å². The second-order valence-corrected chi connectivity index (χ2v) is 8.64. The van der Waals surface area contributed by atoms with Crippen LogP contribution >= 0.6 is 11.8 Å². The van der Waals surface area contributed by atoms with Crippen LogP contribution in [0.2, 0.25) is 0 Å². The number of rotatable bonds is 5. The summed E-state index contributed by atoms with van der Waals surface area (Å²) in [6.45, 7) is 0. The van der Waals surface area contributed by atoms with Gasteiger partial charge in [0.1, 0.15) is 5.69 Å². The Morgan fingerprint density at radius 3 is 2.73 bits per heavy atom. The maximum Gasteiger partial charge on any atom is 0.274 e. The Kier molecular flexibility index (Phi) is 5.00. The molecule has 3 N–H and O–H groups in total. The topological polar surface area (TPSA) is 97.0 Å². The smallest absolute Gasteiger partial charge is 0.274 e. The van der Waals surface area contributed by atoms with Crippen LogP contribution in [0.1, 0.15) is 23.3 Å².